The Kier molecular flexibility index (Phi) is 8.61. The smallest absolute Gasteiger partial charge is 0.432 e. The van der Waals surface area contributed by atoms with Gasteiger partial charge in [0.05, 0.1) is 12.0 Å². The maximum atomic E-state index is 14.3. The van der Waals surface area contributed by atoms with Crippen molar-refractivity contribution in [2.45, 2.75) is 73.3 Å². The molecule has 45 heavy (non-hydrogen) atoms. The summed E-state index contributed by atoms with van der Waals surface area (Å²) in [5.74, 6) is 1.09. The van der Waals surface area contributed by atoms with Crippen molar-refractivity contribution in [3.05, 3.63) is 35.9 Å². The average molecular weight is 680 g/mol. The predicted octanol–water partition coefficient (Wildman–Crippen LogP) is 6.50. The summed E-state index contributed by atoms with van der Waals surface area (Å²) in [6, 6.07) is 10.2. The van der Waals surface area contributed by atoms with Gasteiger partial charge in [-0.2, -0.15) is 30.4 Å². The van der Waals surface area contributed by atoms with Gasteiger partial charge in [0, 0.05) is 34.3 Å². The number of ether oxygens (including phenoxy) is 3. The number of carbonyl (C=O) groups excluding carboxylic acids is 1. The minimum Gasteiger partial charge on any atom is -0.491 e. The van der Waals surface area contributed by atoms with Crippen molar-refractivity contribution >= 4 is 37.8 Å². The van der Waals surface area contributed by atoms with Gasteiger partial charge in [-0.3, -0.25) is 9.35 Å². The maximum Gasteiger partial charge on any atom is 0.432 e. The normalized spacial score (nSPS) is 29.3. The van der Waals surface area contributed by atoms with Crippen LogP contribution in [0, 0.1) is 23.2 Å². The van der Waals surface area contributed by atoms with Crippen LogP contribution in [0.2, 0.25) is 0 Å². The summed E-state index contributed by atoms with van der Waals surface area (Å²) in [5.41, 5.74) is -0.314. The highest BCUT2D eigenvalue weighted by molar-refractivity contribution is 7.97. The lowest BCUT2D eigenvalue weighted by Gasteiger charge is -2.59. The average Bonchev–Trinajstić information content (AvgIpc) is 3.48. The number of benzene rings is 2. The molecular weight excluding hydrogens is 643 g/mol. The number of hydrogen-bond acceptors (Lipinski definition) is 6. The minimum atomic E-state index is -6.52. The van der Waals surface area contributed by atoms with Crippen LogP contribution in [-0.2, 0) is 35.3 Å². The highest BCUT2D eigenvalue weighted by atomic mass is 32.2. The van der Waals surface area contributed by atoms with E-state index >= 15 is 0 Å². The van der Waals surface area contributed by atoms with Crippen molar-refractivity contribution in [1.82, 2.24) is 0 Å². The van der Waals surface area contributed by atoms with E-state index < -0.39 is 39.0 Å². The molecule has 5 fully saturated rings. The fourth-order valence-electron chi connectivity index (χ4n) is 8.59. The van der Waals surface area contributed by atoms with Gasteiger partial charge >= 0.3 is 27.5 Å². The molecule has 1 N–H and O–H groups in total. The quantitative estimate of drug-likeness (QED) is 0.101. The second-order valence-electron chi connectivity index (χ2n) is 12.9. The van der Waals surface area contributed by atoms with Crippen molar-refractivity contribution in [2.75, 3.05) is 31.8 Å². The van der Waals surface area contributed by atoms with E-state index in [0.717, 1.165) is 53.5 Å². The first-order chi connectivity index (χ1) is 21.2. The Balaban J connectivity index is 1.37. The Hall–Kier alpha value is -2.16. The molecular formula is C31H36F5O7S2+. The van der Waals surface area contributed by atoms with E-state index in [9.17, 15) is 35.2 Å². The number of methoxy groups -OCH3 is 1. The number of carbonyl (C=O) groups is 1. The number of halogens is 5. The molecule has 3 unspecified atom stereocenters. The highest BCUT2D eigenvalue weighted by Crippen LogP contribution is 2.66. The fraction of sp³-hybridized carbons (Fsp3) is 0.645. The molecule has 2 aromatic rings. The van der Waals surface area contributed by atoms with Crippen LogP contribution in [0.3, 0.4) is 0 Å². The van der Waals surface area contributed by atoms with Gasteiger partial charge in [-0.25, -0.2) is 0 Å². The van der Waals surface area contributed by atoms with Crippen LogP contribution in [0.1, 0.15) is 56.4 Å². The summed E-state index contributed by atoms with van der Waals surface area (Å²) in [6.45, 7) is 0.737. The minimum absolute atomic E-state index is 0.00650. The molecule has 7 rings (SSSR count). The largest absolute Gasteiger partial charge is 0.491 e. The van der Waals surface area contributed by atoms with Crippen LogP contribution in [0.5, 0.6) is 5.75 Å². The molecule has 0 aromatic heterocycles. The Morgan fingerprint density at radius 2 is 1.64 bits per heavy atom. The topological polar surface area (TPSA) is 99.1 Å². The first kappa shape index (κ1) is 32.8. The highest BCUT2D eigenvalue weighted by Gasteiger charge is 2.68. The van der Waals surface area contributed by atoms with E-state index in [1.54, 1.807) is 7.11 Å². The lowest BCUT2D eigenvalue weighted by molar-refractivity contribution is -0.266. The van der Waals surface area contributed by atoms with Crippen LogP contribution in [0.4, 0.5) is 22.0 Å². The Morgan fingerprint density at radius 3 is 2.22 bits per heavy atom. The third-order valence-electron chi connectivity index (χ3n) is 10.1. The Morgan fingerprint density at radius 1 is 1.02 bits per heavy atom. The first-order valence-corrected chi connectivity index (χ1v) is 18.1. The number of fused-ring (bicyclic) bond motifs is 1. The summed E-state index contributed by atoms with van der Waals surface area (Å²) in [4.78, 5) is 14.7. The number of esters is 1. The lowest BCUT2D eigenvalue weighted by atomic mass is 9.45. The van der Waals surface area contributed by atoms with Crippen LogP contribution in [0.15, 0.2) is 35.2 Å². The summed E-state index contributed by atoms with van der Waals surface area (Å²) in [5, 5.41) is -3.66. The van der Waals surface area contributed by atoms with Gasteiger partial charge in [-0.1, -0.05) is 18.2 Å². The Bertz CT molecular complexity index is 1540. The molecule has 0 amide bonds. The van der Waals surface area contributed by atoms with E-state index in [4.69, 9.17) is 14.0 Å². The molecule has 1 heterocycles. The van der Waals surface area contributed by atoms with E-state index in [0.29, 0.717) is 19.0 Å². The first-order valence-electron chi connectivity index (χ1n) is 15.1. The summed E-state index contributed by atoms with van der Waals surface area (Å²) in [6.07, 6.45) is -6.07. The van der Waals surface area contributed by atoms with Crippen LogP contribution < -0.4 is 4.74 Å². The fourth-order valence-corrected chi connectivity index (χ4v) is 11.8. The summed E-state index contributed by atoms with van der Waals surface area (Å²) < 4.78 is 117. The molecule has 4 bridgehead atoms. The van der Waals surface area contributed by atoms with Gasteiger partial charge in [0.1, 0.15) is 23.9 Å². The molecule has 0 radical (unpaired) electrons. The van der Waals surface area contributed by atoms with Crippen LogP contribution in [0.25, 0.3) is 10.8 Å². The second-order valence-corrected chi connectivity index (χ2v) is 16.6. The van der Waals surface area contributed by atoms with Crippen molar-refractivity contribution in [3.8, 4) is 5.75 Å². The van der Waals surface area contributed by atoms with E-state index in [-0.39, 0.29) is 53.8 Å². The number of alkyl halides is 5. The van der Waals surface area contributed by atoms with Crippen molar-refractivity contribution < 1.29 is 53.9 Å². The van der Waals surface area contributed by atoms with Gasteiger partial charge in [0.2, 0.25) is 0 Å². The molecule has 7 nitrogen and oxygen atoms in total. The molecule has 4 saturated carbocycles. The van der Waals surface area contributed by atoms with Gasteiger partial charge in [0.25, 0.3) is 6.10 Å². The maximum absolute atomic E-state index is 14.3. The van der Waals surface area contributed by atoms with Gasteiger partial charge in [0.15, 0.2) is 4.90 Å². The van der Waals surface area contributed by atoms with E-state index in [1.807, 2.05) is 18.2 Å². The molecule has 248 valence electrons. The van der Waals surface area contributed by atoms with Crippen molar-refractivity contribution in [2.24, 2.45) is 23.2 Å². The third-order valence-corrected chi connectivity index (χ3v) is 13.6. The monoisotopic (exact) mass is 679 g/mol. The molecule has 3 atom stereocenters. The molecule has 5 aliphatic rings. The lowest BCUT2D eigenvalue weighted by Crippen LogP contribution is -2.57. The molecule has 1 saturated heterocycles. The van der Waals surface area contributed by atoms with Gasteiger partial charge in [-0.15, -0.1) is 0 Å². The van der Waals surface area contributed by atoms with E-state index in [1.165, 1.54) is 4.90 Å². The standard InChI is InChI=1S/C31H35F5O7S2/c1-41-8-9-42-24-14-23(26(44-10-4-5-11-44)22-7-3-2-6-21(22)24)25-19-12-18-13-20(25)17-29(15-18,16-19)28(37)43-27(30(32,33)34)31(35,36)45(38,39)40/h2-3,6-7,14,18-20,25,27H,4-5,8-13,15-17H2,1H3/p+1. The zero-order chi connectivity index (χ0) is 32.4. The van der Waals surface area contributed by atoms with Crippen molar-refractivity contribution in [1.29, 1.82) is 0 Å². The Labute approximate surface area is 261 Å². The summed E-state index contributed by atoms with van der Waals surface area (Å²) >= 11 is 0. The SMILES string of the molecule is COCCOc1cc(C2C3CC4CC2CC(C(=O)OC(C(F)(F)F)C(F)(F)S(=O)(=O)O)(C4)C3)c([S+]2CCCC2)c2ccccc12. The third kappa shape index (κ3) is 5.82. The molecule has 14 heteroatoms. The van der Waals surface area contributed by atoms with Crippen molar-refractivity contribution in [3.63, 3.8) is 0 Å². The summed E-state index contributed by atoms with van der Waals surface area (Å²) in [7, 11) is -4.95. The number of hydrogen-bond donors (Lipinski definition) is 1. The zero-order valence-electron chi connectivity index (χ0n) is 24.7. The van der Waals surface area contributed by atoms with Crippen LogP contribution >= 0.6 is 0 Å². The van der Waals surface area contributed by atoms with Gasteiger partial charge < -0.3 is 14.2 Å². The van der Waals surface area contributed by atoms with Gasteiger partial charge in [-0.05, 0) is 80.8 Å². The molecule has 2 aromatic carbocycles. The molecule has 0 spiro atoms. The zero-order valence-corrected chi connectivity index (χ0v) is 26.3. The molecule has 4 aliphatic carbocycles. The molecule has 1 aliphatic heterocycles. The van der Waals surface area contributed by atoms with Crippen LogP contribution in [-0.4, -0.2) is 68.3 Å². The van der Waals surface area contributed by atoms with E-state index in [2.05, 4.69) is 16.9 Å². The number of rotatable bonds is 10. The second kappa shape index (κ2) is 11.8. The predicted molar refractivity (Wildman–Crippen MR) is 157 cm³/mol.